The molecule has 1 rings (SSSR count). The Morgan fingerprint density at radius 3 is 2.40 bits per heavy atom. The van der Waals surface area contributed by atoms with Crippen molar-refractivity contribution in [3.8, 4) is 0 Å². The first-order valence-corrected chi connectivity index (χ1v) is 3.20. The second kappa shape index (κ2) is 2.56. The first kappa shape index (κ1) is 7.50. The van der Waals surface area contributed by atoms with Gasteiger partial charge in [0.15, 0.2) is 0 Å². The van der Waals surface area contributed by atoms with Crippen molar-refractivity contribution in [2.75, 3.05) is 20.1 Å². The summed E-state index contributed by atoms with van der Waals surface area (Å²) in [6, 6.07) is 0. The molecule has 0 aromatic carbocycles. The fourth-order valence-corrected chi connectivity index (χ4v) is 1.22. The lowest BCUT2D eigenvalue weighted by Gasteiger charge is -2.05. The molecule has 0 amide bonds. The van der Waals surface area contributed by atoms with Gasteiger partial charge in [-0.25, -0.2) is 0 Å². The Labute approximate surface area is 59.1 Å². The van der Waals surface area contributed by atoms with E-state index in [0.29, 0.717) is 13.1 Å². The molecule has 0 aromatic heterocycles. The molecule has 1 saturated heterocycles. The summed E-state index contributed by atoms with van der Waals surface area (Å²) in [5, 5.41) is 17.6. The lowest BCUT2D eigenvalue weighted by molar-refractivity contribution is -0.143. The average Bonchev–Trinajstić information content (AvgIpc) is 2.10. The minimum atomic E-state index is -0.906. The summed E-state index contributed by atoms with van der Waals surface area (Å²) in [6.07, 6.45) is -0.692. The molecule has 1 fully saturated rings. The molecule has 2 atom stereocenters. The van der Waals surface area contributed by atoms with E-state index in [0.717, 1.165) is 0 Å². The highest BCUT2D eigenvalue weighted by Gasteiger charge is 2.34. The summed E-state index contributed by atoms with van der Waals surface area (Å²) >= 11 is 0. The molecule has 58 valence electrons. The zero-order valence-electron chi connectivity index (χ0n) is 5.82. The van der Waals surface area contributed by atoms with Crippen LogP contribution in [0.15, 0.2) is 0 Å². The summed E-state index contributed by atoms with van der Waals surface area (Å²) in [6.45, 7) is 0.924. The molecule has 2 unspecified atom stereocenters. The Hall–Kier alpha value is -0.610. The van der Waals surface area contributed by atoms with E-state index in [1.807, 2.05) is 4.90 Å². The Bertz CT molecular complexity index is 148. The summed E-state index contributed by atoms with van der Waals surface area (Å²) in [5.74, 6) is -1.50. The van der Waals surface area contributed by atoms with Crippen LogP contribution in [0.2, 0.25) is 0 Å². The molecule has 1 aliphatic rings. The zero-order chi connectivity index (χ0) is 7.72. The Morgan fingerprint density at radius 1 is 1.60 bits per heavy atom. The van der Waals surface area contributed by atoms with Crippen LogP contribution in [0.4, 0.5) is 0 Å². The van der Waals surface area contributed by atoms with Gasteiger partial charge >= 0.3 is 5.97 Å². The lowest BCUT2D eigenvalue weighted by Crippen LogP contribution is -2.25. The lowest BCUT2D eigenvalue weighted by atomic mass is 10.1. The van der Waals surface area contributed by atoms with Gasteiger partial charge in [-0.05, 0) is 7.05 Å². The molecule has 4 nitrogen and oxygen atoms in total. The molecule has 1 heterocycles. The van der Waals surface area contributed by atoms with Crippen LogP contribution in [-0.4, -0.2) is 47.3 Å². The standard InChI is InChI=1S/C6H11NO3/c1-7-2-4(6(9)10)5(8)3-7/h4-5,8H,2-3H2,1H3,(H,9,10). The quantitative estimate of drug-likeness (QED) is 0.496. The van der Waals surface area contributed by atoms with Crippen molar-refractivity contribution in [1.29, 1.82) is 0 Å². The number of likely N-dealkylation sites (tertiary alicyclic amines) is 1. The van der Waals surface area contributed by atoms with Gasteiger partial charge in [0.05, 0.1) is 12.0 Å². The molecule has 0 bridgehead atoms. The SMILES string of the molecule is CN1CC(O)C(C(=O)O)C1. The van der Waals surface area contributed by atoms with Crippen LogP contribution in [0.3, 0.4) is 0 Å². The molecule has 0 radical (unpaired) electrons. The van der Waals surface area contributed by atoms with Gasteiger partial charge in [-0.1, -0.05) is 0 Å². The molecular formula is C6H11NO3. The minimum absolute atomic E-state index is 0.455. The number of aliphatic hydroxyl groups is 1. The van der Waals surface area contributed by atoms with E-state index in [1.54, 1.807) is 7.05 Å². The van der Waals surface area contributed by atoms with Crippen molar-refractivity contribution in [1.82, 2.24) is 4.90 Å². The Balaban J connectivity index is 2.54. The van der Waals surface area contributed by atoms with Gasteiger partial charge in [-0.3, -0.25) is 4.79 Å². The minimum Gasteiger partial charge on any atom is -0.481 e. The van der Waals surface area contributed by atoms with E-state index in [9.17, 15) is 4.79 Å². The molecule has 0 aromatic rings. The third-order valence-electron chi connectivity index (χ3n) is 1.79. The van der Waals surface area contributed by atoms with Gasteiger partial charge in [0.1, 0.15) is 0 Å². The van der Waals surface area contributed by atoms with E-state index in [2.05, 4.69) is 0 Å². The topological polar surface area (TPSA) is 60.8 Å². The number of rotatable bonds is 1. The van der Waals surface area contributed by atoms with Crippen LogP contribution < -0.4 is 0 Å². The van der Waals surface area contributed by atoms with Gasteiger partial charge in [-0.2, -0.15) is 0 Å². The van der Waals surface area contributed by atoms with E-state index in [1.165, 1.54) is 0 Å². The van der Waals surface area contributed by atoms with E-state index in [-0.39, 0.29) is 0 Å². The maximum absolute atomic E-state index is 10.4. The van der Waals surface area contributed by atoms with Gasteiger partial charge in [0, 0.05) is 13.1 Å². The Morgan fingerprint density at radius 2 is 2.20 bits per heavy atom. The molecule has 0 spiro atoms. The number of carboxylic acids is 1. The van der Waals surface area contributed by atoms with Crippen LogP contribution in [0, 0.1) is 5.92 Å². The average molecular weight is 145 g/mol. The van der Waals surface area contributed by atoms with Crippen LogP contribution in [-0.2, 0) is 4.79 Å². The predicted molar refractivity (Wildman–Crippen MR) is 34.6 cm³/mol. The third kappa shape index (κ3) is 1.27. The van der Waals surface area contributed by atoms with Crippen LogP contribution in [0.5, 0.6) is 0 Å². The molecule has 0 saturated carbocycles. The zero-order valence-corrected chi connectivity index (χ0v) is 5.82. The number of β-amino-alcohol motifs (C(OH)–C–C–N with tert-alkyl or cyclic N) is 1. The fraction of sp³-hybridized carbons (Fsp3) is 0.833. The van der Waals surface area contributed by atoms with E-state index >= 15 is 0 Å². The predicted octanol–water partition coefficient (Wildman–Crippen LogP) is -1.01. The second-order valence-corrected chi connectivity index (χ2v) is 2.73. The number of carboxylic acid groups (broad SMARTS) is 1. The third-order valence-corrected chi connectivity index (χ3v) is 1.79. The van der Waals surface area contributed by atoms with Crippen molar-refractivity contribution < 1.29 is 15.0 Å². The number of carbonyl (C=O) groups is 1. The first-order chi connectivity index (χ1) is 4.61. The number of aliphatic hydroxyl groups excluding tert-OH is 1. The van der Waals surface area contributed by atoms with Crippen LogP contribution >= 0.6 is 0 Å². The fourth-order valence-electron chi connectivity index (χ4n) is 1.22. The van der Waals surface area contributed by atoms with Crippen LogP contribution in [0.1, 0.15) is 0 Å². The van der Waals surface area contributed by atoms with E-state index < -0.39 is 18.0 Å². The Kier molecular flexibility index (Phi) is 1.92. The largest absolute Gasteiger partial charge is 0.481 e. The number of nitrogens with zero attached hydrogens (tertiary/aromatic N) is 1. The summed E-state index contributed by atoms with van der Waals surface area (Å²) in [7, 11) is 1.80. The number of hydrogen-bond donors (Lipinski definition) is 2. The first-order valence-electron chi connectivity index (χ1n) is 3.20. The molecule has 4 heteroatoms. The summed E-state index contributed by atoms with van der Waals surface area (Å²) in [5.41, 5.74) is 0. The molecule has 1 aliphatic heterocycles. The highest BCUT2D eigenvalue weighted by atomic mass is 16.4. The second-order valence-electron chi connectivity index (χ2n) is 2.73. The molecule has 2 N–H and O–H groups in total. The van der Waals surface area contributed by atoms with Crippen molar-refractivity contribution in [3.05, 3.63) is 0 Å². The van der Waals surface area contributed by atoms with Gasteiger partial charge < -0.3 is 15.1 Å². The summed E-state index contributed by atoms with van der Waals surface area (Å²) < 4.78 is 0. The van der Waals surface area contributed by atoms with Crippen molar-refractivity contribution >= 4 is 5.97 Å². The summed E-state index contributed by atoms with van der Waals surface area (Å²) in [4.78, 5) is 12.2. The maximum Gasteiger partial charge on any atom is 0.310 e. The smallest absolute Gasteiger partial charge is 0.310 e. The number of aliphatic carboxylic acids is 1. The number of likely N-dealkylation sites (N-methyl/N-ethyl adjacent to an activating group) is 1. The van der Waals surface area contributed by atoms with Crippen LogP contribution in [0.25, 0.3) is 0 Å². The van der Waals surface area contributed by atoms with Crippen molar-refractivity contribution in [2.24, 2.45) is 5.92 Å². The molecular weight excluding hydrogens is 134 g/mol. The number of hydrogen-bond acceptors (Lipinski definition) is 3. The van der Waals surface area contributed by atoms with Crippen molar-refractivity contribution in [2.45, 2.75) is 6.10 Å². The highest BCUT2D eigenvalue weighted by Crippen LogP contribution is 2.14. The maximum atomic E-state index is 10.4. The monoisotopic (exact) mass is 145 g/mol. The van der Waals surface area contributed by atoms with Gasteiger partial charge in [-0.15, -0.1) is 0 Å². The normalized spacial score (nSPS) is 34.6. The van der Waals surface area contributed by atoms with Crippen molar-refractivity contribution in [3.63, 3.8) is 0 Å². The van der Waals surface area contributed by atoms with Gasteiger partial charge in [0.2, 0.25) is 0 Å². The van der Waals surface area contributed by atoms with E-state index in [4.69, 9.17) is 10.2 Å². The molecule has 10 heavy (non-hydrogen) atoms. The highest BCUT2D eigenvalue weighted by molar-refractivity contribution is 5.71. The van der Waals surface area contributed by atoms with Gasteiger partial charge in [0.25, 0.3) is 0 Å². The molecule has 0 aliphatic carbocycles.